The number of carbonyl (C=O) groups excluding carboxylic acids is 1. The van der Waals surface area contributed by atoms with Gasteiger partial charge in [-0.05, 0) is 26.9 Å². The standard InChI is InChI=1S/C11H18F3N3O3/c1-10(8(18)19,11(12,13)14)15-9(20)17-5-3-4-16(2)6-7-17/h3-7H2,1-2H3,(H,15,20)(H,18,19). The van der Waals surface area contributed by atoms with Crippen molar-refractivity contribution in [3.63, 3.8) is 0 Å². The van der Waals surface area contributed by atoms with E-state index in [9.17, 15) is 22.8 Å². The first kappa shape index (κ1) is 16.5. The summed E-state index contributed by atoms with van der Waals surface area (Å²) in [7, 11) is 1.85. The van der Waals surface area contributed by atoms with Crippen LogP contribution in [0, 0.1) is 0 Å². The zero-order valence-corrected chi connectivity index (χ0v) is 11.3. The summed E-state index contributed by atoms with van der Waals surface area (Å²) in [6, 6.07) is -1.01. The number of nitrogens with one attached hydrogen (secondary N) is 1. The molecule has 0 saturated carbocycles. The van der Waals surface area contributed by atoms with Gasteiger partial charge < -0.3 is 20.2 Å². The van der Waals surface area contributed by atoms with Crippen LogP contribution in [-0.4, -0.2) is 71.8 Å². The Kier molecular flexibility index (Phi) is 4.85. The lowest BCUT2D eigenvalue weighted by Gasteiger charge is -2.31. The Morgan fingerprint density at radius 2 is 1.75 bits per heavy atom. The van der Waals surface area contributed by atoms with Crippen LogP contribution in [0.1, 0.15) is 13.3 Å². The third kappa shape index (κ3) is 3.53. The lowest BCUT2D eigenvalue weighted by molar-refractivity contribution is -0.203. The van der Waals surface area contributed by atoms with Gasteiger partial charge in [-0.25, -0.2) is 9.59 Å². The van der Waals surface area contributed by atoms with Crippen molar-refractivity contribution < 1.29 is 27.9 Å². The second-order valence-corrected chi connectivity index (χ2v) is 5.00. The van der Waals surface area contributed by atoms with E-state index >= 15 is 0 Å². The molecular formula is C11H18F3N3O3. The van der Waals surface area contributed by atoms with Crippen LogP contribution in [0.25, 0.3) is 0 Å². The van der Waals surface area contributed by atoms with E-state index < -0.39 is 23.7 Å². The quantitative estimate of drug-likeness (QED) is 0.788. The molecular weight excluding hydrogens is 279 g/mol. The maximum atomic E-state index is 12.8. The number of carboxylic acids is 1. The van der Waals surface area contributed by atoms with Gasteiger partial charge in [0.25, 0.3) is 0 Å². The summed E-state index contributed by atoms with van der Waals surface area (Å²) in [6.07, 6.45) is -4.45. The Balaban J connectivity index is 2.79. The smallest absolute Gasteiger partial charge is 0.422 e. The van der Waals surface area contributed by atoms with Gasteiger partial charge >= 0.3 is 18.2 Å². The first-order valence-corrected chi connectivity index (χ1v) is 6.13. The van der Waals surface area contributed by atoms with Crippen LogP contribution in [-0.2, 0) is 4.79 Å². The second-order valence-electron chi connectivity index (χ2n) is 5.00. The number of carboxylic acid groups (broad SMARTS) is 1. The molecule has 0 radical (unpaired) electrons. The van der Waals surface area contributed by atoms with Crippen LogP contribution >= 0.6 is 0 Å². The van der Waals surface area contributed by atoms with Crippen molar-refractivity contribution in [2.24, 2.45) is 0 Å². The summed E-state index contributed by atoms with van der Waals surface area (Å²) in [5.41, 5.74) is -3.29. The molecule has 9 heteroatoms. The number of amides is 2. The van der Waals surface area contributed by atoms with E-state index in [-0.39, 0.29) is 6.54 Å². The molecule has 0 aromatic heterocycles. The number of hydrogen-bond acceptors (Lipinski definition) is 3. The highest BCUT2D eigenvalue weighted by atomic mass is 19.4. The molecule has 1 aliphatic heterocycles. The number of alkyl halides is 3. The molecule has 2 N–H and O–H groups in total. The lowest BCUT2D eigenvalue weighted by atomic mass is 10.0. The van der Waals surface area contributed by atoms with Crippen molar-refractivity contribution in [3.05, 3.63) is 0 Å². The maximum Gasteiger partial charge on any atom is 0.422 e. The summed E-state index contributed by atoms with van der Waals surface area (Å²) >= 11 is 0. The van der Waals surface area contributed by atoms with E-state index in [1.807, 2.05) is 11.9 Å². The van der Waals surface area contributed by atoms with Crippen LogP contribution in [0.5, 0.6) is 0 Å². The lowest BCUT2D eigenvalue weighted by Crippen LogP contribution is -2.64. The molecule has 1 aliphatic rings. The third-order valence-corrected chi connectivity index (χ3v) is 3.36. The van der Waals surface area contributed by atoms with Crippen LogP contribution in [0.3, 0.4) is 0 Å². The molecule has 1 rings (SSSR count). The predicted molar refractivity (Wildman–Crippen MR) is 64.3 cm³/mol. The zero-order chi connectivity index (χ0) is 15.6. The third-order valence-electron chi connectivity index (χ3n) is 3.36. The molecule has 6 nitrogen and oxygen atoms in total. The Morgan fingerprint density at radius 3 is 2.25 bits per heavy atom. The van der Waals surface area contributed by atoms with Gasteiger partial charge in [0.05, 0.1) is 0 Å². The van der Waals surface area contributed by atoms with E-state index in [0.717, 1.165) is 6.54 Å². The molecule has 116 valence electrons. The van der Waals surface area contributed by atoms with Crippen molar-refractivity contribution in [3.8, 4) is 0 Å². The maximum absolute atomic E-state index is 12.8. The number of aliphatic carboxylic acids is 1. The molecule has 20 heavy (non-hydrogen) atoms. The van der Waals surface area contributed by atoms with Gasteiger partial charge in [0, 0.05) is 19.6 Å². The molecule has 0 bridgehead atoms. The normalized spacial score (nSPS) is 20.9. The molecule has 1 heterocycles. The Bertz CT molecular complexity index is 389. The van der Waals surface area contributed by atoms with Crippen molar-refractivity contribution in [2.75, 3.05) is 33.2 Å². The van der Waals surface area contributed by atoms with Crippen molar-refractivity contribution in [2.45, 2.75) is 25.1 Å². The van der Waals surface area contributed by atoms with E-state index in [1.165, 1.54) is 4.90 Å². The number of hydrogen-bond donors (Lipinski definition) is 2. The molecule has 0 aliphatic carbocycles. The summed E-state index contributed by atoms with van der Waals surface area (Å²) in [5, 5.41) is 10.3. The average molecular weight is 297 g/mol. The molecule has 1 fully saturated rings. The minimum Gasteiger partial charge on any atom is -0.479 e. The van der Waals surface area contributed by atoms with Gasteiger partial charge in [-0.3, -0.25) is 0 Å². The molecule has 0 aromatic carbocycles. The molecule has 1 atom stereocenters. The highest BCUT2D eigenvalue weighted by molar-refractivity contribution is 5.86. The zero-order valence-electron chi connectivity index (χ0n) is 11.3. The van der Waals surface area contributed by atoms with Gasteiger partial charge in [0.1, 0.15) is 0 Å². The Morgan fingerprint density at radius 1 is 1.15 bits per heavy atom. The second kappa shape index (κ2) is 5.86. The number of halogens is 3. The highest BCUT2D eigenvalue weighted by Crippen LogP contribution is 2.30. The van der Waals surface area contributed by atoms with Gasteiger partial charge in [-0.2, -0.15) is 13.2 Å². The van der Waals surface area contributed by atoms with Crippen LogP contribution in [0.15, 0.2) is 0 Å². The van der Waals surface area contributed by atoms with Crippen LogP contribution in [0.2, 0.25) is 0 Å². The number of urea groups is 1. The van der Waals surface area contributed by atoms with E-state index in [0.29, 0.717) is 26.4 Å². The summed E-state index contributed by atoms with van der Waals surface area (Å²) in [6.45, 7) is 2.26. The highest BCUT2D eigenvalue weighted by Gasteiger charge is 2.58. The topological polar surface area (TPSA) is 72.9 Å². The van der Waals surface area contributed by atoms with Gasteiger partial charge in [-0.1, -0.05) is 0 Å². The number of nitrogens with zero attached hydrogens (tertiary/aromatic N) is 2. The predicted octanol–water partition coefficient (Wildman–Crippen LogP) is 0.739. The first-order chi connectivity index (χ1) is 9.08. The molecule has 1 saturated heterocycles. The minimum absolute atomic E-state index is 0.260. The molecule has 0 spiro atoms. The molecule has 0 aromatic rings. The fourth-order valence-corrected chi connectivity index (χ4v) is 1.79. The summed E-state index contributed by atoms with van der Waals surface area (Å²) in [5.74, 6) is -2.13. The largest absolute Gasteiger partial charge is 0.479 e. The fourth-order valence-electron chi connectivity index (χ4n) is 1.79. The van der Waals surface area contributed by atoms with E-state index in [1.54, 1.807) is 5.32 Å². The summed E-state index contributed by atoms with van der Waals surface area (Å²) in [4.78, 5) is 25.9. The Labute approximate surface area is 114 Å². The van der Waals surface area contributed by atoms with Crippen molar-refractivity contribution >= 4 is 12.0 Å². The van der Waals surface area contributed by atoms with Crippen molar-refractivity contribution in [1.29, 1.82) is 0 Å². The van der Waals surface area contributed by atoms with E-state index in [2.05, 4.69) is 0 Å². The van der Waals surface area contributed by atoms with Crippen molar-refractivity contribution in [1.82, 2.24) is 15.1 Å². The molecule has 1 unspecified atom stereocenters. The summed E-state index contributed by atoms with van der Waals surface area (Å²) < 4.78 is 38.4. The first-order valence-electron chi connectivity index (χ1n) is 6.13. The number of carbonyl (C=O) groups is 2. The minimum atomic E-state index is -5.07. The van der Waals surface area contributed by atoms with E-state index in [4.69, 9.17) is 5.11 Å². The SMILES string of the molecule is CN1CCCN(C(=O)NC(C)(C(=O)O)C(F)(F)F)CC1. The fraction of sp³-hybridized carbons (Fsp3) is 0.818. The number of rotatable bonds is 2. The van der Waals surface area contributed by atoms with Gasteiger partial charge in [-0.15, -0.1) is 0 Å². The Hall–Kier alpha value is -1.51. The average Bonchev–Trinajstić information content (AvgIpc) is 2.52. The number of likely N-dealkylation sites (N-methyl/N-ethyl adjacent to an activating group) is 1. The van der Waals surface area contributed by atoms with Gasteiger partial charge in [0.2, 0.25) is 5.54 Å². The van der Waals surface area contributed by atoms with Crippen LogP contribution in [0.4, 0.5) is 18.0 Å². The van der Waals surface area contributed by atoms with Crippen LogP contribution < -0.4 is 5.32 Å². The molecule has 2 amide bonds. The monoisotopic (exact) mass is 297 g/mol. The van der Waals surface area contributed by atoms with Gasteiger partial charge in [0.15, 0.2) is 0 Å².